The Balaban J connectivity index is 0.00000392. The number of likely N-dealkylation sites (N-methyl/N-ethyl adjacent to an activating group) is 1. The molecule has 0 radical (unpaired) electrons. The molecule has 1 aliphatic carbocycles. The van der Waals surface area contributed by atoms with Gasteiger partial charge in [-0.25, -0.2) is 4.99 Å². The Bertz CT molecular complexity index is 648. The second kappa shape index (κ2) is 12.8. The number of benzene rings is 1. The highest BCUT2D eigenvalue weighted by Gasteiger charge is 2.22. The smallest absolute Gasteiger partial charge is 0.241 e. The SMILES string of the molecule is COCCNC(=NCc1ccc(C)cc1OCC1CC1)NCC(=O)N(C)C.I. The van der Waals surface area contributed by atoms with E-state index in [9.17, 15) is 4.79 Å². The molecular formula is C20H33IN4O3. The molecule has 2 N–H and O–H groups in total. The highest BCUT2D eigenvalue weighted by Crippen LogP contribution is 2.30. The molecule has 0 unspecified atom stereocenters. The van der Waals surface area contributed by atoms with Gasteiger partial charge in [-0.3, -0.25) is 4.79 Å². The second-order valence-electron chi connectivity index (χ2n) is 7.09. The van der Waals surface area contributed by atoms with Crippen molar-refractivity contribution in [1.29, 1.82) is 0 Å². The van der Waals surface area contributed by atoms with Gasteiger partial charge in [0.2, 0.25) is 5.91 Å². The number of aliphatic imine (C=N–C) groups is 1. The van der Waals surface area contributed by atoms with Crippen LogP contribution in [0.25, 0.3) is 0 Å². The summed E-state index contributed by atoms with van der Waals surface area (Å²) < 4.78 is 11.1. The number of hydrogen-bond donors (Lipinski definition) is 2. The highest BCUT2D eigenvalue weighted by atomic mass is 127. The highest BCUT2D eigenvalue weighted by molar-refractivity contribution is 14.0. The van der Waals surface area contributed by atoms with Crippen LogP contribution in [-0.2, 0) is 16.1 Å². The molecule has 8 heteroatoms. The number of ether oxygens (including phenoxy) is 2. The number of amides is 1. The Morgan fingerprint density at radius 2 is 2.04 bits per heavy atom. The molecule has 1 fully saturated rings. The molecule has 0 bridgehead atoms. The van der Waals surface area contributed by atoms with Crippen LogP contribution in [0, 0.1) is 12.8 Å². The predicted molar refractivity (Wildman–Crippen MR) is 123 cm³/mol. The Kier molecular flexibility index (Phi) is 11.2. The van der Waals surface area contributed by atoms with Crippen molar-refractivity contribution >= 4 is 35.8 Å². The number of carbonyl (C=O) groups is 1. The minimum absolute atomic E-state index is 0. The van der Waals surface area contributed by atoms with Gasteiger partial charge in [0.05, 0.1) is 26.3 Å². The third-order valence-electron chi connectivity index (χ3n) is 4.31. The van der Waals surface area contributed by atoms with Crippen LogP contribution in [0.5, 0.6) is 5.75 Å². The van der Waals surface area contributed by atoms with E-state index in [0.717, 1.165) is 17.9 Å². The summed E-state index contributed by atoms with van der Waals surface area (Å²) in [7, 11) is 5.11. The van der Waals surface area contributed by atoms with E-state index in [0.29, 0.717) is 31.6 Å². The van der Waals surface area contributed by atoms with E-state index < -0.39 is 0 Å². The minimum Gasteiger partial charge on any atom is -0.493 e. The van der Waals surface area contributed by atoms with Crippen LogP contribution in [0.4, 0.5) is 0 Å². The molecule has 1 saturated carbocycles. The van der Waals surface area contributed by atoms with E-state index in [1.54, 1.807) is 26.1 Å². The van der Waals surface area contributed by atoms with Crippen molar-refractivity contribution < 1.29 is 14.3 Å². The fourth-order valence-corrected chi connectivity index (χ4v) is 2.35. The summed E-state index contributed by atoms with van der Waals surface area (Å²) in [4.78, 5) is 18.0. The lowest BCUT2D eigenvalue weighted by Crippen LogP contribution is -2.43. The monoisotopic (exact) mass is 504 g/mol. The van der Waals surface area contributed by atoms with Crippen molar-refractivity contribution in [2.75, 3.05) is 47.5 Å². The molecule has 7 nitrogen and oxygen atoms in total. The molecule has 0 aromatic heterocycles. The van der Waals surface area contributed by atoms with Gasteiger partial charge in [0.1, 0.15) is 5.75 Å². The van der Waals surface area contributed by atoms with E-state index in [1.165, 1.54) is 18.4 Å². The van der Waals surface area contributed by atoms with Gasteiger partial charge in [0.15, 0.2) is 5.96 Å². The van der Waals surface area contributed by atoms with Gasteiger partial charge in [-0.2, -0.15) is 0 Å². The first kappa shape index (κ1) is 24.5. The van der Waals surface area contributed by atoms with Crippen LogP contribution >= 0.6 is 24.0 Å². The van der Waals surface area contributed by atoms with E-state index in [2.05, 4.69) is 40.7 Å². The van der Waals surface area contributed by atoms with Crippen molar-refractivity contribution in [3.63, 3.8) is 0 Å². The van der Waals surface area contributed by atoms with E-state index in [4.69, 9.17) is 9.47 Å². The number of carbonyl (C=O) groups excluding carboxylic acids is 1. The Morgan fingerprint density at radius 3 is 2.68 bits per heavy atom. The van der Waals surface area contributed by atoms with Crippen molar-refractivity contribution in [1.82, 2.24) is 15.5 Å². The summed E-state index contributed by atoms with van der Waals surface area (Å²) >= 11 is 0. The van der Waals surface area contributed by atoms with Crippen LogP contribution in [0.3, 0.4) is 0 Å². The molecule has 0 heterocycles. The van der Waals surface area contributed by atoms with Crippen LogP contribution in [0.15, 0.2) is 23.2 Å². The van der Waals surface area contributed by atoms with Gasteiger partial charge in [-0.1, -0.05) is 12.1 Å². The number of nitrogens with zero attached hydrogens (tertiary/aromatic N) is 2. The molecule has 1 amide bonds. The molecule has 1 aromatic carbocycles. The molecule has 1 aliphatic rings. The van der Waals surface area contributed by atoms with Crippen molar-refractivity contribution in [2.45, 2.75) is 26.3 Å². The second-order valence-corrected chi connectivity index (χ2v) is 7.09. The standard InChI is InChI=1S/C20H32N4O3.HI/c1-15-5-8-17(18(11-15)27-14-16-6-7-16)12-22-20(21-9-10-26-4)23-13-19(25)24(2)3;/h5,8,11,16H,6-7,9-10,12-14H2,1-4H3,(H2,21,22,23);1H. The molecule has 0 aliphatic heterocycles. The number of nitrogens with one attached hydrogen (secondary N) is 2. The fourth-order valence-electron chi connectivity index (χ4n) is 2.35. The van der Waals surface area contributed by atoms with Crippen LogP contribution in [0.2, 0.25) is 0 Å². The van der Waals surface area contributed by atoms with Crippen molar-refractivity contribution in [3.8, 4) is 5.75 Å². The summed E-state index contributed by atoms with van der Waals surface area (Å²) in [5, 5.41) is 6.25. The zero-order chi connectivity index (χ0) is 19.6. The van der Waals surface area contributed by atoms with E-state index >= 15 is 0 Å². The van der Waals surface area contributed by atoms with E-state index in [-0.39, 0.29) is 36.4 Å². The number of aryl methyl sites for hydroxylation is 1. The van der Waals surface area contributed by atoms with Crippen LogP contribution in [-0.4, -0.2) is 64.3 Å². The first-order valence-electron chi connectivity index (χ1n) is 9.43. The molecule has 1 aromatic rings. The molecule has 0 saturated heterocycles. The molecule has 28 heavy (non-hydrogen) atoms. The first-order chi connectivity index (χ1) is 13.0. The number of halogens is 1. The maximum atomic E-state index is 11.8. The maximum absolute atomic E-state index is 11.8. The third-order valence-corrected chi connectivity index (χ3v) is 4.31. The van der Waals surface area contributed by atoms with Gasteiger partial charge in [0, 0.05) is 33.3 Å². The van der Waals surface area contributed by atoms with Crippen molar-refractivity contribution in [2.24, 2.45) is 10.9 Å². The zero-order valence-electron chi connectivity index (χ0n) is 17.3. The third kappa shape index (κ3) is 9.09. The minimum atomic E-state index is -0.0139. The summed E-state index contributed by atoms with van der Waals surface area (Å²) in [6.45, 7) is 4.65. The van der Waals surface area contributed by atoms with Crippen LogP contribution in [0.1, 0.15) is 24.0 Å². The number of rotatable bonds is 10. The lowest BCUT2D eigenvalue weighted by Gasteiger charge is -2.15. The molecule has 2 rings (SSSR count). The molecule has 0 spiro atoms. The fraction of sp³-hybridized carbons (Fsp3) is 0.600. The van der Waals surface area contributed by atoms with E-state index in [1.807, 2.05) is 0 Å². The largest absolute Gasteiger partial charge is 0.493 e. The van der Waals surface area contributed by atoms with Gasteiger partial charge < -0.3 is 25.0 Å². The van der Waals surface area contributed by atoms with Crippen LogP contribution < -0.4 is 15.4 Å². The topological polar surface area (TPSA) is 75.2 Å². The van der Waals surface area contributed by atoms with Gasteiger partial charge in [-0.05, 0) is 37.3 Å². The lowest BCUT2D eigenvalue weighted by atomic mass is 10.1. The maximum Gasteiger partial charge on any atom is 0.241 e. The molecule has 158 valence electrons. The normalized spacial score (nSPS) is 13.5. The quantitative estimate of drug-likeness (QED) is 0.221. The van der Waals surface area contributed by atoms with Gasteiger partial charge in [0.25, 0.3) is 0 Å². The van der Waals surface area contributed by atoms with Gasteiger partial charge >= 0.3 is 0 Å². The molecule has 0 atom stereocenters. The Labute approximate surface area is 185 Å². The summed E-state index contributed by atoms with van der Waals surface area (Å²) in [5.74, 6) is 2.16. The average molecular weight is 504 g/mol. The predicted octanol–water partition coefficient (Wildman–Crippen LogP) is 2.17. The molecular weight excluding hydrogens is 471 g/mol. The summed E-state index contributed by atoms with van der Waals surface area (Å²) in [5.41, 5.74) is 2.20. The summed E-state index contributed by atoms with van der Waals surface area (Å²) in [6.07, 6.45) is 2.52. The van der Waals surface area contributed by atoms with Crippen molar-refractivity contribution in [3.05, 3.63) is 29.3 Å². The number of hydrogen-bond acceptors (Lipinski definition) is 4. The average Bonchev–Trinajstić information content (AvgIpc) is 3.47. The number of methoxy groups -OCH3 is 1. The number of guanidine groups is 1. The Morgan fingerprint density at radius 1 is 1.29 bits per heavy atom. The Hall–Kier alpha value is -1.55. The first-order valence-corrected chi connectivity index (χ1v) is 9.43. The lowest BCUT2D eigenvalue weighted by molar-refractivity contribution is -0.127. The summed E-state index contributed by atoms with van der Waals surface area (Å²) in [6, 6.07) is 6.18. The zero-order valence-corrected chi connectivity index (χ0v) is 19.6. The van der Waals surface area contributed by atoms with Gasteiger partial charge in [-0.15, -0.1) is 24.0 Å².